The highest BCUT2D eigenvalue weighted by molar-refractivity contribution is 5.63. The second-order valence-electron chi connectivity index (χ2n) is 4.16. The summed E-state index contributed by atoms with van der Waals surface area (Å²) in [6.45, 7) is 1.09. The van der Waals surface area contributed by atoms with Crippen LogP contribution in [-0.2, 0) is 10.9 Å². The molecule has 0 fully saturated rings. The predicted octanol–water partition coefficient (Wildman–Crippen LogP) is 3.15. The van der Waals surface area contributed by atoms with Crippen molar-refractivity contribution >= 4 is 5.82 Å². The third-order valence-electron chi connectivity index (χ3n) is 2.69. The minimum absolute atomic E-state index is 0.437. The largest absolute Gasteiger partial charge is 0.416 e. The van der Waals surface area contributed by atoms with Crippen LogP contribution >= 0.6 is 0 Å². The van der Waals surface area contributed by atoms with Gasteiger partial charge in [0.05, 0.1) is 17.9 Å². The molecule has 0 saturated heterocycles. The maximum Gasteiger partial charge on any atom is 0.416 e. The van der Waals surface area contributed by atoms with Gasteiger partial charge in [0.15, 0.2) is 0 Å². The molecule has 0 aliphatic carbocycles. The summed E-state index contributed by atoms with van der Waals surface area (Å²) in [6, 6.07) is 6.76. The van der Waals surface area contributed by atoms with Gasteiger partial charge in [-0.05, 0) is 12.1 Å². The number of nitrogens with one attached hydrogen (secondary N) is 2. The summed E-state index contributed by atoms with van der Waals surface area (Å²) in [5.74, 6) is 0.564. The Labute approximate surface area is 114 Å². The predicted molar refractivity (Wildman–Crippen MR) is 69.4 cm³/mol. The van der Waals surface area contributed by atoms with Gasteiger partial charge >= 0.3 is 6.18 Å². The van der Waals surface area contributed by atoms with Crippen LogP contribution in [0.15, 0.2) is 30.3 Å². The van der Waals surface area contributed by atoms with Crippen LogP contribution in [0.2, 0.25) is 0 Å². The van der Waals surface area contributed by atoms with Crippen LogP contribution in [-0.4, -0.2) is 30.5 Å². The van der Waals surface area contributed by atoms with Crippen LogP contribution in [0.25, 0.3) is 11.3 Å². The monoisotopic (exact) mass is 285 g/mol. The zero-order chi connectivity index (χ0) is 14.6. The lowest BCUT2D eigenvalue weighted by molar-refractivity contribution is -0.137. The van der Waals surface area contributed by atoms with E-state index >= 15 is 0 Å². The number of aromatic nitrogens is 2. The molecule has 7 heteroatoms. The van der Waals surface area contributed by atoms with E-state index in [2.05, 4.69) is 15.5 Å². The second kappa shape index (κ2) is 5.96. The number of methoxy groups -OCH3 is 1. The first-order valence-corrected chi connectivity index (χ1v) is 5.96. The maximum absolute atomic E-state index is 12.6. The first-order valence-electron chi connectivity index (χ1n) is 5.96. The Kier molecular flexibility index (Phi) is 4.29. The lowest BCUT2D eigenvalue weighted by atomic mass is 10.1. The lowest BCUT2D eigenvalue weighted by Gasteiger charge is -2.07. The lowest BCUT2D eigenvalue weighted by Crippen LogP contribution is -2.07. The van der Waals surface area contributed by atoms with Gasteiger partial charge in [-0.2, -0.15) is 18.3 Å². The highest BCUT2D eigenvalue weighted by Gasteiger charge is 2.30. The van der Waals surface area contributed by atoms with Gasteiger partial charge in [0.2, 0.25) is 0 Å². The Balaban J connectivity index is 2.16. The third-order valence-corrected chi connectivity index (χ3v) is 2.69. The molecule has 0 spiro atoms. The molecular formula is C13H14F3N3O. The second-order valence-corrected chi connectivity index (χ2v) is 4.16. The Morgan fingerprint density at radius 3 is 2.80 bits per heavy atom. The normalized spacial score (nSPS) is 11.6. The smallest absolute Gasteiger partial charge is 0.383 e. The number of alkyl halides is 3. The molecule has 2 rings (SSSR count). The quantitative estimate of drug-likeness (QED) is 0.830. The molecule has 4 nitrogen and oxygen atoms in total. The van der Waals surface area contributed by atoms with E-state index in [-0.39, 0.29) is 0 Å². The highest BCUT2D eigenvalue weighted by Crippen LogP contribution is 2.32. The summed E-state index contributed by atoms with van der Waals surface area (Å²) in [5.41, 5.74) is 0.279. The number of benzene rings is 1. The van der Waals surface area contributed by atoms with Crippen LogP contribution in [0.1, 0.15) is 5.56 Å². The first kappa shape index (κ1) is 14.4. The van der Waals surface area contributed by atoms with Crippen molar-refractivity contribution in [2.75, 3.05) is 25.6 Å². The maximum atomic E-state index is 12.6. The summed E-state index contributed by atoms with van der Waals surface area (Å²) in [5, 5.41) is 9.68. The van der Waals surface area contributed by atoms with Gasteiger partial charge in [-0.3, -0.25) is 5.10 Å². The van der Waals surface area contributed by atoms with Gasteiger partial charge in [-0.15, -0.1) is 0 Å². The average Bonchev–Trinajstić information content (AvgIpc) is 2.87. The zero-order valence-corrected chi connectivity index (χ0v) is 10.8. The molecule has 108 valence electrons. The molecule has 20 heavy (non-hydrogen) atoms. The van der Waals surface area contributed by atoms with Gasteiger partial charge in [0, 0.05) is 25.3 Å². The molecule has 2 N–H and O–H groups in total. The van der Waals surface area contributed by atoms with E-state index in [9.17, 15) is 13.2 Å². The molecule has 0 radical (unpaired) electrons. The van der Waals surface area contributed by atoms with Crippen molar-refractivity contribution in [1.29, 1.82) is 0 Å². The van der Waals surface area contributed by atoms with E-state index in [4.69, 9.17) is 4.74 Å². The van der Waals surface area contributed by atoms with Crippen molar-refractivity contribution in [3.8, 4) is 11.3 Å². The minimum Gasteiger partial charge on any atom is -0.383 e. The van der Waals surface area contributed by atoms with Crippen molar-refractivity contribution < 1.29 is 17.9 Å². The Morgan fingerprint density at radius 1 is 1.30 bits per heavy atom. The number of halogens is 3. The molecular weight excluding hydrogens is 271 g/mol. The third kappa shape index (κ3) is 3.51. The molecule has 0 saturated carbocycles. The van der Waals surface area contributed by atoms with Crippen molar-refractivity contribution in [3.63, 3.8) is 0 Å². The number of H-pyrrole nitrogens is 1. The van der Waals surface area contributed by atoms with Crippen molar-refractivity contribution in [1.82, 2.24) is 10.2 Å². The Hall–Kier alpha value is -2.02. The van der Waals surface area contributed by atoms with E-state index in [0.717, 1.165) is 12.1 Å². The average molecular weight is 285 g/mol. The van der Waals surface area contributed by atoms with Crippen molar-refractivity contribution in [2.45, 2.75) is 6.18 Å². The molecule has 2 aromatic rings. The standard InChI is InChI=1S/C13H14F3N3O/c1-20-6-5-17-12-8-11(18-19-12)9-3-2-4-10(7-9)13(14,15)16/h2-4,7-8H,5-6H2,1H3,(H2,17,18,19). The minimum atomic E-state index is -4.35. The fourth-order valence-corrected chi connectivity index (χ4v) is 1.70. The van der Waals surface area contributed by atoms with Crippen LogP contribution in [0.4, 0.5) is 19.0 Å². The summed E-state index contributed by atoms with van der Waals surface area (Å²) in [4.78, 5) is 0. The number of hydrogen-bond acceptors (Lipinski definition) is 3. The molecule has 0 atom stereocenters. The van der Waals surface area contributed by atoms with E-state index in [1.54, 1.807) is 19.2 Å². The molecule has 1 heterocycles. The van der Waals surface area contributed by atoms with Crippen LogP contribution in [0.3, 0.4) is 0 Å². The Bertz CT molecular complexity index is 566. The highest BCUT2D eigenvalue weighted by atomic mass is 19.4. The van der Waals surface area contributed by atoms with Crippen LogP contribution in [0.5, 0.6) is 0 Å². The molecule has 0 bridgehead atoms. The van der Waals surface area contributed by atoms with Gasteiger partial charge in [0.1, 0.15) is 5.82 Å². The van der Waals surface area contributed by atoms with Crippen LogP contribution in [0, 0.1) is 0 Å². The van der Waals surface area contributed by atoms with Gasteiger partial charge < -0.3 is 10.1 Å². The molecule has 0 aliphatic heterocycles. The van der Waals surface area contributed by atoms with E-state index in [0.29, 0.717) is 30.2 Å². The number of nitrogens with zero attached hydrogens (tertiary/aromatic N) is 1. The van der Waals surface area contributed by atoms with Gasteiger partial charge in [-0.25, -0.2) is 0 Å². The van der Waals surface area contributed by atoms with E-state index < -0.39 is 11.7 Å². The van der Waals surface area contributed by atoms with Crippen LogP contribution < -0.4 is 5.32 Å². The van der Waals surface area contributed by atoms with Crippen molar-refractivity contribution in [3.05, 3.63) is 35.9 Å². The summed E-state index contributed by atoms with van der Waals surface area (Å²) < 4.78 is 42.8. The number of rotatable bonds is 5. The SMILES string of the molecule is COCCNc1cc(-c2cccc(C(F)(F)F)c2)[nH]n1. The van der Waals surface area contributed by atoms with E-state index in [1.807, 2.05) is 0 Å². The number of aromatic amines is 1. The summed E-state index contributed by atoms with van der Waals surface area (Å²) >= 11 is 0. The first-order chi connectivity index (χ1) is 9.50. The summed E-state index contributed by atoms with van der Waals surface area (Å²) in [6.07, 6.45) is -4.35. The van der Waals surface area contributed by atoms with Gasteiger partial charge in [0.25, 0.3) is 0 Å². The Morgan fingerprint density at radius 2 is 2.10 bits per heavy atom. The fourth-order valence-electron chi connectivity index (χ4n) is 1.70. The molecule has 0 unspecified atom stereocenters. The molecule has 1 aromatic heterocycles. The number of hydrogen-bond donors (Lipinski definition) is 2. The number of ether oxygens (including phenoxy) is 1. The fraction of sp³-hybridized carbons (Fsp3) is 0.308. The number of anilines is 1. The van der Waals surface area contributed by atoms with Gasteiger partial charge in [-0.1, -0.05) is 12.1 Å². The molecule has 1 aromatic carbocycles. The zero-order valence-electron chi connectivity index (χ0n) is 10.8. The van der Waals surface area contributed by atoms with E-state index in [1.165, 1.54) is 6.07 Å². The molecule has 0 aliphatic rings. The summed E-state index contributed by atoms with van der Waals surface area (Å²) in [7, 11) is 1.58. The topological polar surface area (TPSA) is 49.9 Å². The molecule has 0 amide bonds. The van der Waals surface area contributed by atoms with Crippen molar-refractivity contribution in [2.24, 2.45) is 0 Å².